The monoisotopic (exact) mass is 362 g/mol. The van der Waals surface area contributed by atoms with Gasteiger partial charge in [-0.05, 0) is 42.3 Å². The fraction of sp³-hybridized carbons (Fsp3) is 0.167. The molecule has 2 aromatic rings. The number of halogens is 1. The molecule has 0 unspecified atom stereocenters. The highest BCUT2D eigenvalue weighted by Crippen LogP contribution is 2.15. The molecule has 0 radical (unpaired) electrons. The van der Waals surface area contributed by atoms with Gasteiger partial charge in [-0.2, -0.15) is 4.31 Å². The Morgan fingerprint density at radius 3 is 2.52 bits per heavy atom. The highest BCUT2D eigenvalue weighted by atomic mass is 32.2. The van der Waals surface area contributed by atoms with Crippen LogP contribution in [-0.2, 0) is 14.8 Å². The van der Waals surface area contributed by atoms with Crippen LogP contribution in [0.3, 0.4) is 0 Å². The van der Waals surface area contributed by atoms with Gasteiger partial charge in [0.1, 0.15) is 5.82 Å². The largest absolute Gasteiger partial charge is 0.325 e. The second-order valence-corrected chi connectivity index (χ2v) is 7.45. The van der Waals surface area contributed by atoms with E-state index in [4.69, 9.17) is 0 Å². The van der Waals surface area contributed by atoms with Crippen molar-refractivity contribution in [2.75, 3.05) is 18.9 Å². The van der Waals surface area contributed by atoms with Crippen LogP contribution in [0, 0.1) is 12.7 Å². The third-order valence-electron chi connectivity index (χ3n) is 3.50. The molecule has 0 fully saturated rings. The first-order chi connectivity index (χ1) is 11.8. The molecule has 132 valence electrons. The van der Waals surface area contributed by atoms with E-state index in [1.807, 2.05) is 6.07 Å². The molecule has 5 nitrogen and oxygen atoms in total. The molecule has 1 N–H and O–H groups in total. The average Bonchev–Trinajstić information content (AvgIpc) is 2.56. The summed E-state index contributed by atoms with van der Waals surface area (Å²) in [7, 11) is -2.41. The van der Waals surface area contributed by atoms with E-state index in [9.17, 15) is 17.6 Å². The van der Waals surface area contributed by atoms with Gasteiger partial charge < -0.3 is 5.32 Å². The summed E-state index contributed by atoms with van der Waals surface area (Å²) in [5.41, 5.74) is 1.74. The van der Waals surface area contributed by atoms with E-state index in [-0.39, 0.29) is 6.54 Å². The molecule has 25 heavy (non-hydrogen) atoms. The molecular formula is C18H19FN2O3S. The van der Waals surface area contributed by atoms with Crippen molar-refractivity contribution in [1.29, 1.82) is 0 Å². The fourth-order valence-corrected chi connectivity index (χ4v) is 2.92. The number of likely N-dealkylation sites (N-methyl/N-ethyl adjacent to an activating group) is 1. The van der Waals surface area contributed by atoms with Gasteiger partial charge in [-0.1, -0.05) is 30.3 Å². The molecule has 0 saturated heterocycles. The third-order valence-corrected chi connectivity index (χ3v) is 4.97. The van der Waals surface area contributed by atoms with Gasteiger partial charge in [-0.3, -0.25) is 4.79 Å². The van der Waals surface area contributed by atoms with Gasteiger partial charge in [0, 0.05) is 18.1 Å². The van der Waals surface area contributed by atoms with Gasteiger partial charge >= 0.3 is 0 Å². The Kier molecular flexibility index (Phi) is 6.06. The van der Waals surface area contributed by atoms with Crippen molar-refractivity contribution in [3.05, 3.63) is 70.9 Å². The summed E-state index contributed by atoms with van der Waals surface area (Å²) in [4.78, 5) is 12.0. The maximum atomic E-state index is 13.1. The van der Waals surface area contributed by atoms with E-state index in [1.54, 1.807) is 31.2 Å². The van der Waals surface area contributed by atoms with Gasteiger partial charge in [-0.15, -0.1) is 0 Å². The van der Waals surface area contributed by atoms with Crippen molar-refractivity contribution >= 4 is 27.7 Å². The van der Waals surface area contributed by atoms with Crippen LogP contribution in [0.1, 0.15) is 11.1 Å². The van der Waals surface area contributed by atoms with E-state index < -0.39 is 21.7 Å². The van der Waals surface area contributed by atoms with Crippen LogP contribution >= 0.6 is 0 Å². The fourth-order valence-electron chi connectivity index (χ4n) is 2.08. The number of rotatable bonds is 6. The zero-order valence-corrected chi connectivity index (χ0v) is 14.8. The number of amides is 1. The molecule has 2 rings (SSSR count). The molecule has 2 aromatic carbocycles. The number of nitrogens with one attached hydrogen (secondary N) is 1. The molecule has 0 aliphatic rings. The van der Waals surface area contributed by atoms with Crippen LogP contribution < -0.4 is 5.32 Å². The van der Waals surface area contributed by atoms with Gasteiger partial charge in [-0.25, -0.2) is 12.8 Å². The van der Waals surface area contributed by atoms with E-state index in [1.165, 1.54) is 31.3 Å². The summed E-state index contributed by atoms with van der Waals surface area (Å²) >= 11 is 0. The number of sulfonamides is 1. The average molecular weight is 362 g/mol. The van der Waals surface area contributed by atoms with Crippen LogP contribution in [0.4, 0.5) is 10.1 Å². The summed E-state index contributed by atoms with van der Waals surface area (Å²) in [6.45, 7) is 1.31. The van der Waals surface area contributed by atoms with E-state index in [2.05, 4.69) is 5.32 Å². The van der Waals surface area contributed by atoms with Crippen LogP contribution in [0.25, 0.3) is 6.08 Å². The SMILES string of the molecule is Cc1cc(F)ccc1NC(=O)CN(C)S(=O)(=O)/C=C/c1ccccc1. The summed E-state index contributed by atoms with van der Waals surface area (Å²) in [6.07, 6.45) is 1.47. The van der Waals surface area contributed by atoms with E-state index >= 15 is 0 Å². The molecule has 0 heterocycles. The van der Waals surface area contributed by atoms with E-state index in [0.717, 1.165) is 15.3 Å². The molecule has 0 atom stereocenters. The maximum Gasteiger partial charge on any atom is 0.239 e. The minimum Gasteiger partial charge on any atom is -0.325 e. The topological polar surface area (TPSA) is 66.5 Å². The Morgan fingerprint density at radius 2 is 1.88 bits per heavy atom. The summed E-state index contributed by atoms with van der Waals surface area (Å²) in [5.74, 6) is -0.907. The van der Waals surface area contributed by atoms with Gasteiger partial charge in [0.25, 0.3) is 0 Å². The van der Waals surface area contributed by atoms with Crippen LogP contribution in [-0.4, -0.2) is 32.2 Å². The first-order valence-corrected chi connectivity index (χ1v) is 9.04. The van der Waals surface area contributed by atoms with Crippen molar-refractivity contribution in [1.82, 2.24) is 4.31 Å². The zero-order chi connectivity index (χ0) is 18.4. The number of benzene rings is 2. The van der Waals surface area contributed by atoms with Crippen molar-refractivity contribution < 1.29 is 17.6 Å². The molecule has 0 spiro atoms. The molecule has 0 aromatic heterocycles. The number of nitrogens with zero attached hydrogens (tertiary/aromatic N) is 1. The van der Waals surface area contributed by atoms with Crippen LogP contribution in [0.5, 0.6) is 0 Å². The Balaban J connectivity index is 2.01. The molecule has 0 saturated carbocycles. The molecule has 0 aliphatic carbocycles. The van der Waals surface area contributed by atoms with Gasteiger partial charge in [0.15, 0.2) is 0 Å². The lowest BCUT2D eigenvalue weighted by Gasteiger charge is -2.15. The summed E-state index contributed by atoms with van der Waals surface area (Å²) in [5, 5.41) is 3.63. The standard InChI is InChI=1S/C18H19FN2O3S/c1-14-12-16(19)8-9-17(14)20-18(22)13-21(2)25(23,24)11-10-15-6-4-3-5-7-15/h3-12H,13H2,1-2H3,(H,20,22)/b11-10+. The number of hydrogen-bond acceptors (Lipinski definition) is 3. The van der Waals surface area contributed by atoms with Crippen molar-refractivity contribution in [3.63, 3.8) is 0 Å². The maximum absolute atomic E-state index is 13.1. The first kappa shape index (κ1) is 18.8. The first-order valence-electron chi connectivity index (χ1n) is 7.53. The predicted molar refractivity (Wildman–Crippen MR) is 96.8 cm³/mol. The minimum absolute atomic E-state index is 0.349. The second-order valence-electron chi connectivity index (χ2n) is 5.52. The second kappa shape index (κ2) is 8.04. The molecule has 0 aliphatic heterocycles. The van der Waals surface area contributed by atoms with Crippen LogP contribution in [0.15, 0.2) is 53.9 Å². The predicted octanol–water partition coefficient (Wildman–Crippen LogP) is 3.01. The number of carbonyl (C=O) groups is 1. The molecule has 0 bridgehead atoms. The Bertz CT molecular complexity index is 880. The molecule has 7 heteroatoms. The van der Waals surface area contributed by atoms with Crippen LogP contribution in [0.2, 0.25) is 0 Å². The molecular weight excluding hydrogens is 343 g/mol. The lowest BCUT2D eigenvalue weighted by molar-refractivity contribution is -0.116. The smallest absolute Gasteiger partial charge is 0.239 e. The zero-order valence-electron chi connectivity index (χ0n) is 13.9. The highest BCUT2D eigenvalue weighted by molar-refractivity contribution is 7.92. The van der Waals surface area contributed by atoms with Crippen molar-refractivity contribution in [3.8, 4) is 0 Å². The minimum atomic E-state index is -3.73. The summed E-state index contributed by atoms with van der Waals surface area (Å²) in [6, 6.07) is 12.9. The third kappa shape index (κ3) is 5.51. The van der Waals surface area contributed by atoms with Crippen molar-refractivity contribution in [2.24, 2.45) is 0 Å². The Morgan fingerprint density at radius 1 is 1.20 bits per heavy atom. The lowest BCUT2D eigenvalue weighted by Crippen LogP contribution is -2.33. The Labute approximate surface area is 146 Å². The summed E-state index contributed by atoms with van der Waals surface area (Å²) < 4.78 is 38.4. The molecule has 1 amide bonds. The Hall–Kier alpha value is -2.51. The highest BCUT2D eigenvalue weighted by Gasteiger charge is 2.18. The van der Waals surface area contributed by atoms with E-state index in [0.29, 0.717) is 11.3 Å². The number of aryl methyl sites for hydroxylation is 1. The van der Waals surface area contributed by atoms with Gasteiger partial charge in [0.2, 0.25) is 15.9 Å². The normalized spacial score (nSPS) is 11.8. The number of carbonyl (C=O) groups excluding carboxylic acids is 1. The quantitative estimate of drug-likeness (QED) is 0.859. The van der Waals surface area contributed by atoms with Gasteiger partial charge in [0.05, 0.1) is 6.54 Å². The van der Waals surface area contributed by atoms with Crippen molar-refractivity contribution in [2.45, 2.75) is 6.92 Å². The lowest BCUT2D eigenvalue weighted by atomic mass is 10.2. The number of hydrogen-bond donors (Lipinski definition) is 1. The number of anilines is 1.